The highest BCUT2D eigenvalue weighted by Crippen LogP contribution is 2.56. The van der Waals surface area contributed by atoms with Gasteiger partial charge in [-0.25, -0.2) is 0 Å². The number of amides is 1. The minimum atomic E-state index is -0.108. The molecule has 0 aromatic carbocycles. The van der Waals surface area contributed by atoms with E-state index in [1.807, 2.05) is 0 Å². The van der Waals surface area contributed by atoms with Gasteiger partial charge in [-0.2, -0.15) is 0 Å². The van der Waals surface area contributed by atoms with Gasteiger partial charge in [0.2, 0.25) is 5.91 Å². The summed E-state index contributed by atoms with van der Waals surface area (Å²) in [5.74, 6) is 0.0752. The zero-order chi connectivity index (χ0) is 7.19. The minimum Gasteiger partial charge on any atom is -0.369 e. The molecular formula is C7H12N2O. The lowest BCUT2D eigenvalue weighted by Crippen LogP contribution is -2.20. The molecule has 1 aliphatic carbocycles. The predicted octanol–water partition coefficient (Wildman–Crippen LogP) is -0.529. The van der Waals surface area contributed by atoms with Crippen LogP contribution < -0.4 is 11.1 Å². The highest BCUT2D eigenvalue weighted by atomic mass is 16.1. The molecule has 2 aliphatic rings. The second-order valence-electron chi connectivity index (χ2n) is 3.45. The number of nitrogens with one attached hydrogen (secondary N) is 1. The van der Waals surface area contributed by atoms with E-state index in [1.54, 1.807) is 0 Å². The van der Waals surface area contributed by atoms with Gasteiger partial charge in [-0.15, -0.1) is 0 Å². The molecule has 1 amide bonds. The van der Waals surface area contributed by atoms with E-state index in [2.05, 4.69) is 5.32 Å². The lowest BCUT2D eigenvalue weighted by atomic mass is 10.0. The molecule has 1 spiro atoms. The van der Waals surface area contributed by atoms with Gasteiger partial charge >= 0.3 is 0 Å². The first kappa shape index (κ1) is 6.16. The van der Waals surface area contributed by atoms with Crippen molar-refractivity contribution in [3.63, 3.8) is 0 Å². The summed E-state index contributed by atoms with van der Waals surface area (Å²) < 4.78 is 0. The van der Waals surface area contributed by atoms with Gasteiger partial charge < -0.3 is 11.1 Å². The van der Waals surface area contributed by atoms with Crippen LogP contribution >= 0.6 is 0 Å². The van der Waals surface area contributed by atoms with Crippen molar-refractivity contribution in [2.75, 3.05) is 13.1 Å². The first-order chi connectivity index (χ1) is 4.75. The Labute approximate surface area is 60.0 Å². The minimum absolute atomic E-state index is 0.108. The summed E-state index contributed by atoms with van der Waals surface area (Å²) in [5.41, 5.74) is 5.48. The summed E-state index contributed by atoms with van der Waals surface area (Å²) >= 11 is 0. The molecule has 1 aliphatic heterocycles. The first-order valence-electron chi connectivity index (χ1n) is 3.75. The molecule has 2 unspecified atom stereocenters. The molecule has 0 aromatic rings. The molecular weight excluding hydrogens is 128 g/mol. The van der Waals surface area contributed by atoms with Crippen molar-refractivity contribution in [2.24, 2.45) is 17.1 Å². The van der Waals surface area contributed by atoms with Crippen molar-refractivity contribution in [3.8, 4) is 0 Å². The summed E-state index contributed by atoms with van der Waals surface area (Å²) in [6.45, 7) is 2.06. The van der Waals surface area contributed by atoms with Crippen LogP contribution in [0, 0.1) is 11.3 Å². The van der Waals surface area contributed by atoms with E-state index in [9.17, 15) is 4.79 Å². The van der Waals surface area contributed by atoms with Gasteiger partial charge in [0.25, 0.3) is 0 Å². The normalized spacial score (nSPS) is 44.2. The quantitative estimate of drug-likeness (QED) is 0.514. The van der Waals surface area contributed by atoms with Crippen LogP contribution in [0.15, 0.2) is 0 Å². The Morgan fingerprint density at radius 3 is 2.90 bits per heavy atom. The standard InChI is InChI=1S/C7H12N2O/c8-6(10)5-3-7(5)1-2-9-4-7/h5,9H,1-4H2,(H2,8,10). The van der Waals surface area contributed by atoms with E-state index in [1.165, 1.54) is 0 Å². The predicted molar refractivity (Wildman–Crippen MR) is 37.2 cm³/mol. The maximum atomic E-state index is 10.7. The highest BCUT2D eigenvalue weighted by Gasteiger charge is 2.58. The Morgan fingerprint density at radius 1 is 1.70 bits per heavy atom. The van der Waals surface area contributed by atoms with Gasteiger partial charge in [0, 0.05) is 12.5 Å². The fourth-order valence-corrected chi connectivity index (χ4v) is 1.98. The molecule has 3 N–H and O–H groups in total. The Balaban J connectivity index is 2.04. The van der Waals surface area contributed by atoms with Crippen LogP contribution in [0.25, 0.3) is 0 Å². The lowest BCUT2D eigenvalue weighted by molar-refractivity contribution is -0.119. The van der Waals surface area contributed by atoms with Crippen molar-refractivity contribution < 1.29 is 4.79 Å². The molecule has 2 fully saturated rings. The average molecular weight is 140 g/mol. The van der Waals surface area contributed by atoms with Gasteiger partial charge in [-0.05, 0) is 24.8 Å². The smallest absolute Gasteiger partial charge is 0.221 e. The van der Waals surface area contributed by atoms with E-state index < -0.39 is 0 Å². The van der Waals surface area contributed by atoms with E-state index in [4.69, 9.17) is 5.73 Å². The molecule has 10 heavy (non-hydrogen) atoms. The molecule has 3 heteroatoms. The van der Waals surface area contributed by atoms with Crippen LogP contribution in [0.2, 0.25) is 0 Å². The van der Waals surface area contributed by atoms with Crippen LogP contribution in [0.4, 0.5) is 0 Å². The molecule has 1 saturated heterocycles. The monoisotopic (exact) mass is 140 g/mol. The Kier molecular flexibility index (Phi) is 1.06. The SMILES string of the molecule is NC(=O)C1CC12CCNC2. The molecule has 2 atom stereocenters. The topological polar surface area (TPSA) is 55.1 Å². The van der Waals surface area contributed by atoms with Crippen LogP contribution in [-0.2, 0) is 4.79 Å². The molecule has 2 rings (SSSR count). The maximum absolute atomic E-state index is 10.7. The van der Waals surface area contributed by atoms with Crippen molar-refractivity contribution in [3.05, 3.63) is 0 Å². The summed E-state index contributed by atoms with van der Waals surface area (Å²) in [7, 11) is 0. The molecule has 56 valence electrons. The summed E-state index contributed by atoms with van der Waals surface area (Å²) in [6.07, 6.45) is 2.16. The van der Waals surface area contributed by atoms with Gasteiger partial charge in [-0.3, -0.25) is 4.79 Å². The number of nitrogens with two attached hydrogens (primary N) is 1. The second kappa shape index (κ2) is 1.72. The number of carbonyl (C=O) groups excluding carboxylic acids is 1. The zero-order valence-electron chi connectivity index (χ0n) is 5.89. The van der Waals surface area contributed by atoms with Crippen LogP contribution in [0.1, 0.15) is 12.8 Å². The molecule has 3 nitrogen and oxygen atoms in total. The van der Waals surface area contributed by atoms with Crippen LogP contribution in [0.5, 0.6) is 0 Å². The molecule has 0 radical (unpaired) electrons. The number of hydrogen-bond donors (Lipinski definition) is 2. The van der Waals surface area contributed by atoms with Gasteiger partial charge in [0.1, 0.15) is 0 Å². The number of primary amides is 1. The first-order valence-corrected chi connectivity index (χ1v) is 3.75. The van der Waals surface area contributed by atoms with Gasteiger partial charge in [-0.1, -0.05) is 0 Å². The van der Waals surface area contributed by atoms with Gasteiger partial charge in [0.15, 0.2) is 0 Å². The van der Waals surface area contributed by atoms with Crippen LogP contribution in [0.3, 0.4) is 0 Å². The highest BCUT2D eigenvalue weighted by molar-refractivity contribution is 5.80. The molecule has 0 aromatic heterocycles. The molecule has 1 saturated carbocycles. The number of carbonyl (C=O) groups is 1. The second-order valence-corrected chi connectivity index (χ2v) is 3.45. The Bertz CT molecular complexity index is 172. The summed E-state index contributed by atoms with van der Waals surface area (Å²) in [6, 6.07) is 0. The van der Waals surface area contributed by atoms with Crippen molar-refractivity contribution >= 4 is 5.91 Å². The fourth-order valence-electron chi connectivity index (χ4n) is 1.98. The largest absolute Gasteiger partial charge is 0.369 e. The summed E-state index contributed by atoms with van der Waals surface area (Å²) in [5, 5.41) is 3.25. The van der Waals surface area contributed by atoms with E-state index in [-0.39, 0.29) is 11.8 Å². The Morgan fingerprint density at radius 2 is 2.50 bits per heavy atom. The Hall–Kier alpha value is -0.570. The average Bonchev–Trinajstić information content (AvgIpc) is 2.32. The third kappa shape index (κ3) is 0.669. The number of hydrogen-bond acceptors (Lipinski definition) is 2. The van der Waals surface area contributed by atoms with Crippen molar-refractivity contribution in [1.82, 2.24) is 5.32 Å². The maximum Gasteiger partial charge on any atom is 0.221 e. The van der Waals surface area contributed by atoms with Gasteiger partial charge in [0.05, 0.1) is 0 Å². The third-order valence-electron chi connectivity index (χ3n) is 2.81. The van der Waals surface area contributed by atoms with E-state index in [0.29, 0.717) is 5.41 Å². The van der Waals surface area contributed by atoms with E-state index in [0.717, 1.165) is 25.9 Å². The summed E-state index contributed by atoms with van der Waals surface area (Å²) in [4.78, 5) is 10.7. The van der Waals surface area contributed by atoms with Crippen LogP contribution in [-0.4, -0.2) is 19.0 Å². The van der Waals surface area contributed by atoms with Crippen molar-refractivity contribution in [2.45, 2.75) is 12.8 Å². The zero-order valence-corrected chi connectivity index (χ0v) is 5.89. The molecule has 1 heterocycles. The molecule has 0 bridgehead atoms. The fraction of sp³-hybridized carbons (Fsp3) is 0.857. The number of rotatable bonds is 1. The lowest BCUT2D eigenvalue weighted by Gasteiger charge is -2.02. The van der Waals surface area contributed by atoms with Crippen molar-refractivity contribution in [1.29, 1.82) is 0 Å². The third-order valence-corrected chi connectivity index (χ3v) is 2.81. The van der Waals surface area contributed by atoms with E-state index >= 15 is 0 Å².